The lowest BCUT2D eigenvalue weighted by molar-refractivity contribution is 1.07. The highest BCUT2D eigenvalue weighted by atomic mass is 14.6. The summed E-state index contributed by atoms with van der Waals surface area (Å²) in [6, 6.07) is 16.6. The Hall–Kier alpha value is -2.19. The second-order valence-corrected chi connectivity index (χ2v) is 4.31. The molecule has 18 heavy (non-hydrogen) atoms. The maximum atomic E-state index is 5.69. The average molecular weight is 234 g/mol. The summed E-state index contributed by atoms with van der Waals surface area (Å²) in [5.74, 6) is 0. The maximum absolute atomic E-state index is 5.69. The molecule has 0 unspecified atom stereocenters. The number of hydrogen-bond acceptors (Lipinski definition) is 2. The van der Waals surface area contributed by atoms with Gasteiger partial charge in [0.2, 0.25) is 0 Å². The van der Waals surface area contributed by atoms with Gasteiger partial charge in [0.15, 0.2) is 0 Å². The first-order valence-corrected chi connectivity index (χ1v) is 6.00. The molecule has 0 radical (unpaired) electrons. The third kappa shape index (κ3) is 1.87. The molecule has 2 heteroatoms. The molecule has 0 saturated carbocycles. The number of nitrogens with zero attached hydrogens (tertiary/aromatic N) is 1. The van der Waals surface area contributed by atoms with E-state index in [-0.39, 0.29) is 0 Å². The number of aromatic nitrogens is 1. The largest absolute Gasteiger partial charge is 0.326 e. The molecule has 0 spiro atoms. The predicted octanol–water partition coefficient (Wildman–Crippen LogP) is 3.36. The molecule has 0 aliphatic rings. The van der Waals surface area contributed by atoms with E-state index in [1.165, 1.54) is 10.9 Å². The van der Waals surface area contributed by atoms with Crippen LogP contribution in [0, 0.1) is 0 Å². The van der Waals surface area contributed by atoms with E-state index in [0.717, 1.165) is 16.5 Å². The van der Waals surface area contributed by atoms with Crippen molar-refractivity contribution in [2.45, 2.75) is 6.54 Å². The van der Waals surface area contributed by atoms with Gasteiger partial charge in [-0.3, -0.25) is 4.98 Å². The number of nitrogens with two attached hydrogens (primary N) is 1. The smallest absolute Gasteiger partial charge is 0.0352 e. The molecule has 0 aliphatic carbocycles. The first kappa shape index (κ1) is 10.9. The summed E-state index contributed by atoms with van der Waals surface area (Å²) in [7, 11) is 0. The van der Waals surface area contributed by atoms with Crippen molar-refractivity contribution >= 4 is 10.8 Å². The van der Waals surface area contributed by atoms with Gasteiger partial charge in [-0.2, -0.15) is 0 Å². The topological polar surface area (TPSA) is 38.9 Å². The van der Waals surface area contributed by atoms with Gasteiger partial charge in [0.25, 0.3) is 0 Å². The van der Waals surface area contributed by atoms with Crippen molar-refractivity contribution in [1.29, 1.82) is 0 Å². The zero-order valence-corrected chi connectivity index (χ0v) is 10.0. The molecule has 2 aromatic carbocycles. The summed E-state index contributed by atoms with van der Waals surface area (Å²) in [5, 5.41) is 2.38. The highest BCUT2D eigenvalue weighted by molar-refractivity contribution is 5.95. The van der Waals surface area contributed by atoms with Gasteiger partial charge in [-0.05, 0) is 22.6 Å². The third-order valence-corrected chi connectivity index (χ3v) is 3.14. The van der Waals surface area contributed by atoms with Gasteiger partial charge in [-0.1, -0.05) is 42.5 Å². The van der Waals surface area contributed by atoms with Gasteiger partial charge < -0.3 is 5.73 Å². The van der Waals surface area contributed by atoms with Crippen molar-refractivity contribution in [3.05, 3.63) is 66.5 Å². The van der Waals surface area contributed by atoms with Crippen LogP contribution in [0.3, 0.4) is 0 Å². The first-order valence-electron chi connectivity index (χ1n) is 6.00. The average Bonchev–Trinajstić information content (AvgIpc) is 2.47. The van der Waals surface area contributed by atoms with E-state index in [1.54, 1.807) is 0 Å². The van der Waals surface area contributed by atoms with Crippen LogP contribution in [0.5, 0.6) is 0 Å². The molecular formula is C16H14N2. The minimum atomic E-state index is 0.562. The molecular weight excluding hydrogens is 220 g/mol. The van der Waals surface area contributed by atoms with Gasteiger partial charge >= 0.3 is 0 Å². The Morgan fingerprint density at radius 1 is 0.944 bits per heavy atom. The zero-order valence-electron chi connectivity index (χ0n) is 10.0. The Kier molecular flexibility index (Phi) is 2.79. The quantitative estimate of drug-likeness (QED) is 0.738. The minimum absolute atomic E-state index is 0.562. The molecule has 3 rings (SSSR count). The van der Waals surface area contributed by atoms with E-state index >= 15 is 0 Å². The summed E-state index contributed by atoms with van der Waals surface area (Å²) in [6.45, 7) is 0.562. The fraction of sp³-hybridized carbons (Fsp3) is 0.0625. The van der Waals surface area contributed by atoms with Crippen molar-refractivity contribution in [3.63, 3.8) is 0 Å². The van der Waals surface area contributed by atoms with Crippen LogP contribution in [0.15, 0.2) is 60.9 Å². The zero-order chi connectivity index (χ0) is 12.4. The number of fused-ring (bicyclic) bond motifs is 1. The number of rotatable bonds is 2. The Morgan fingerprint density at radius 3 is 2.72 bits per heavy atom. The van der Waals surface area contributed by atoms with Crippen LogP contribution in [0.1, 0.15) is 5.56 Å². The standard InChI is InChI=1S/C16H14N2/c17-9-12-4-3-6-13(8-12)16-11-18-10-14-5-1-2-7-15(14)16/h1-8,10-11H,9,17H2. The van der Waals surface area contributed by atoms with E-state index < -0.39 is 0 Å². The van der Waals surface area contributed by atoms with Crippen LogP contribution >= 0.6 is 0 Å². The predicted molar refractivity (Wildman–Crippen MR) is 75.1 cm³/mol. The van der Waals surface area contributed by atoms with Crippen molar-refractivity contribution in [3.8, 4) is 11.1 Å². The highest BCUT2D eigenvalue weighted by Crippen LogP contribution is 2.27. The Balaban J connectivity index is 2.24. The van der Waals surface area contributed by atoms with Crippen LogP contribution < -0.4 is 5.73 Å². The molecule has 0 amide bonds. The van der Waals surface area contributed by atoms with Crippen LogP contribution in [0.4, 0.5) is 0 Å². The summed E-state index contributed by atoms with van der Waals surface area (Å²) < 4.78 is 0. The molecule has 0 aliphatic heterocycles. The number of pyridine rings is 1. The second-order valence-electron chi connectivity index (χ2n) is 4.31. The molecule has 1 heterocycles. The number of hydrogen-bond donors (Lipinski definition) is 1. The van der Waals surface area contributed by atoms with E-state index in [0.29, 0.717) is 6.54 Å². The van der Waals surface area contributed by atoms with Crippen LogP contribution in [-0.4, -0.2) is 4.98 Å². The molecule has 1 aromatic heterocycles. The fourth-order valence-corrected chi connectivity index (χ4v) is 2.21. The normalized spacial score (nSPS) is 10.7. The SMILES string of the molecule is NCc1cccc(-c2cncc3ccccc23)c1. The van der Waals surface area contributed by atoms with Crippen LogP contribution in [0.2, 0.25) is 0 Å². The molecule has 0 atom stereocenters. The minimum Gasteiger partial charge on any atom is -0.326 e. The van der Waals surface area contributed by atoms with Gasteiger partial charge in [0.1, 0.15) is 0 Å². The molecule has 0 saturated heterocycles. The molecule has 2 N–H and O–H groups in total. The molecule has 2 nitrogen and oxygen atoms in total. The van der Waals surface area contributed by atoms with Crippen molar-refractivity contribution in [2.24, 2.45) is 5.73 Å². The van der Waals surface area contributed by atoms with E-state index in [9.17, 15) is 0 Å². The van der Waals surface area contributed by atoms with Crippen LogP contribution in [-0.2, 0) is 6.54 Å². The van der Waals surface area contributed by atoms with E-state index in [2.05, 4.69) is 35.3 Å². The molecule has 0 bridgehead atoms. The summed E-state index contributed by atoms with van der Waals surface area (Å²) in [6.07, 6.45) is 3.81. The second kappa shape index (κ2) is 4.59. The molecule has 88 valence electrons. The summed E-state index contributed by atoms with van der Waals surface area (Å²) in [4.78, 5) is 4.31. The first-order chi connectivity index (χ1) is 8.88. The van der Waals surface area contributed by atoms with Gasteiger partial charge in [-0.15, -0.1) is 0 Å². The van der Waals surface area contributed by atoms with Crippen molar-refractivity contribution in [1.82, 2.24) is 4.98 Å². The molecule has 3 aromatic rings. The lowest BCUT2D eigenvalue weighted by Gasteiger charge is -2.07. The van der Waals surface area contributed by atoms with E-state index in [4.69, 9.17) is 5.73 Å². The Bertz CT molecular complexity index is 684. The van der Waals surface area contributed by atoms with Crippen molar-refractivity contribution < 1.29 is 0 Å². The number of benzene rings is 2. The lowest BCUT2D eigenvalue weighted by Crippen LogP contribution is -1.96. The van der Waals surface area contributed by atoms with Gasteiger partial charge in [0.05, 0.1) is 0 Å². The van der Waals surface area contributed by atoms with Crippen LogP contribution in [0.25, 0.3) is 21.9 Å². The van der Waals surface area contributed by atoms with Crippen molar-refractivity contribution in [2.75, 3.05) is 0 Å². The summed E-state index contributed by atoms with van der Waals surface area (Å²) in [5.41, 5.74) is 9.16. The Labute approximate surface area is 106 Å². The highest BCUT2D eigenvalue weighted by Gasteiger charge is 2.04. The van der Waals surface area contributed by atoms with Gasteiger partial charge in [-0.25, -0.2) is 0 Å². The maximum Gasteiger partial charge on any atom is 0.0352 e. The van der Waals surface area contributed by atoms with E-state index in [1.807, 2.05) is 30.6 Å². The fourth-order valence-electron chi connectivity index (χ4n) is 2.21. The summed E-state index contributed by atoms with van der Waals surface area (Å²) >= 11 is 0. The Morgan fingerprint density at radius 2 is 1.83 bits per heavy atom. The van der Waals surface area contributed by atoms with Gasteiger partial charge in [0, 0.05) is 29.9 Å². The third-order valence-electron chi connectivity index (χ3n) is 3.14. The lowest BCUT2D eigenvalue weighted by atomic mass is 9.99. The molecule has 0 fully saturated rings. The monoisotopic (exact) mass is 234 g/mol.